The highest BCUT2D eigenvalue weighted by Crippen LogP contribution is 2.18. The fraction of sp³-hybridized carbons (Fsp3) is 0.368. The first-order valence-corrected chi connectivity index (χ1v) is 12.0. The Morgan fingerprint density at radius 2 is 2.09 bits per heavy atom. The maximum absolute atomic E-state index is 13.2. The molecule has 2 N–H and O–H groups in total. The number of hydrogen-bond donors (Lipinski definition) is 2. The van der Waals surface area contributed by atoms with Gasteiger partial charge in [0.05, 0.1) is 30.1 Å². The average molecular weight is 485 g/mol. The van der Waals surface area contributed by atoms with Gasteiger partial charge in [-0.2, -0.15) is 4.39 Å². The van der Waals surface area contributed by atoms with E-state index < -0.39 is 20.9 Å². The van der Waals surface area contributed by atoms with Crippen molar-refractivity contribution in [2.24, 2.45) is 5.16 Å². The molecule has 0 saturated carbocycles. The summed E-state index contributed by atoms with van der Waals surface area (Å²) in [5, 5.41) is 8.31. The van der Waals surface area contributed by atoms with Crippen LogP contribution in [0.3, 0.4) is 0 Å². The zero-order valence-electron chi connectivity index (χ0n) is 17.0. The van der Waals surface area contributed by atoms with Crippen LogP contribution in [0.2, 0.25) is 0 Å². The molecule has 3 rings (SSSR count). The number of thiazole rings is 1. The molecule has 1 aromatic carbocycles. The summed E-state index contributed by atoms with van der Waals surface area (Å²) < 4.78 is 43.3. The van der Waals surface area contributed by atoms with Gasteiger partial charge in [-0.15, -0.1) is 0 Å². The molecular weight excluding hydrogens is 463 g/mol. The second-order valence-corrected chi connectivity index (χ2v) is 9.87. The Labute approximate surface area is 187 Å². The van der Waals surface area contributed by atoms with E-state index >= 15 is 0 Å². The number of anilines is 1. The van der Waals surface area contributed by atoms with Crippen molar-refractivity contribution >= 4 is 43.8 Å². The van der Waals surface area contributed by atoms with Crippen molar-refractivity contribution < 1.29 is 32.0 Å². The van der Waals surface area contributed by atoms with E-state index in [1.807, 2.05) is 0 Å². The van der Waals surface area contributed by atoms with Gasteiger partial charge in [0.1, 0.15) is 0 Å². The number of nitrogens with zero attached hydrogens (tertiary/aromatic N) is 2. The molecule has 0 unspecified atom stereocenters. The standard InChI is InChI=1S/C19H21FN4O6S2/c1-12(25)21-7-9-32(27,28)15-4-2-13(3-5-15)17(24-30-14-6-8-29-11-14)18(26)23-19-22-10-16(20)31-19/h2-5,10,14H,6-9,11H2,1H3,(H,21,25)(H,22,23,26)/t14-/m1/s1. The Morgan fingerprint density at radius 1 is 1.34 bits per heavy atom. The van der Waals surface area contributed by atoms with Crippen molar-refractivity contribution in [3.8, 4) is 0 Å². The van der Waals surface area contributed by atoms with Crippen LogP contribution in [0.4, 0.5) is 9.52 Å². The van der Waals surface area contributed by atoms with Crippen LogP contribution in [0.25, 0.3) is 0 Å². The molecule has 1 fully saturated rings. The lowest BCUT2D eigenvalue weighted by molar-refractivity contribution is -0.118. The van der Waals surface area contributed by atoms with Gasteiger partial charge in [0.25, 0.3) is 5.91 Å². The van der Waals surface area contributed by atoms with Gasteiger partial charge in [-0.25, -0.2) is 13.4 Å². The largest absolute Gasteiger partial charge is 0.389 e. The maximum atomic E-state index is 13.2. The van der Waals surface area contributed by atoms with Gasteiger partial charge in [-0.3, -0.25) is 14.9 Å². The molecule has 1 aliphatic rings. The molecule has 32 heavy (non-hydrogen) atoms. The third-order valence-corrected chi connectivity index (χ3v) is 6.76. The zero-order chi connectivity index (χ0) is 23.1. The van der Waals surface area contributed by atoms with Crippen molar-refractivity contribution in [1.82, 2.24) is 10.3 Å². The maximum Gasteiger partial charge on any atom is 0.280 e. The Hall–Kier alpha value is -2.90. The number of ether oxygens (including phenoxy) is 1. The van der Waals surface area contributed by atoms with Crippen molar-refractivity contribution in [3.63, 3.8) is 0 Å². The molecule has 2 amide bonds. The second-order valence-electron chi connectivity index (χ2n) is 6.78. The first-order valence-electron chi connectivity index (χ1n) is 9.56. The van der Waals surface area contributed by atoms with Crippen LogP contribution < -0.4 is 10.6 Å². The lowest BCUT2D eigenvalue weighted by Crippen LogP contribution is -2.27. The van der Waals surface area contributed by atoms with Crippen LogP contribution in [-0.2, 0) is 29.0 Å². The third-order valence-electron chi connectivity index (χ3n) is 4.33. The van der Waals surface area contributed by atoms with E-state index in [2.05, 4.69) is 20.8 Å². The molecule has 2 heterocycles. The molecule has 1 aromatic heterocycles. The highest BCUT2D eigenvalue weighted by atomic mass is 32.2. The van der Waals surface area contributed by atoms with Crippen LogP contribution in [-0.4, -0.2) is 62.5 Å². The summed E-state index contributed by atoms with van der Waals surface area (Å²) in [5.74, 6) is -1.29. The molecular formula is C19H21FN4O6S2. The van der Waals surface area contributed by atoms with Crippen LogP contribution in [0.5, 0.6) is 0 Å². The van der Waals surface area contributed by atoms with Gasteiger partial charge < -0.3 is 14.9 Å². The van der Waals surface area contributed by atoms with Crippen molar-refractivity contribution in [2.45, 2.75) is 24.3 Å². The van der Waals surface area contributed by atoms with Crippen LogP contribution in [0.1, 0.15) is 18.9 Å². The Balaban J connectivity index is 1.79. The van der Waals surface area contributed by atoms with Gasteiger partial charge in [0, 0.05) is 25.5 Å². The SMILES string of the molecule is CC(=O)NCCS(=O)(=O)c1ccc(C(=NO[C@@H]2CCOC2)C(=O)Nc2ncc(F)s2)cc1. The minimum Gasteiger partial charge on any atom is -0.389 e. The average Bonchev–Trinajstić information content (AvgIpc) is 3.40. The Bertz CT molecular complexity index is 1100. The monoisotopic (exact) mass is 484 g/mol. The lowest BCUT2D eigenvalue weighted by atomic mass is 10.1. The number of aromatic nitrogens is 1. The number of nitrogens with one attached hydrogen (secondary N) is 2. The van der Waals surface area contributed by atoms with Gasteiger partial charge in [-0.1, -0.05) is 28.6 Å². The molecule has 10 nitrogen and oxygen atoms in total. The van der Waals surface area contributed by atoms with Gasteiger partial charge in [-0.05, 0) is 12.1 Å². The molecule has 0 bridgehead atoms. The van der Waals surface area contributed by atoms with E-state index in [0.29, 0.717) is 36.5 Å². The fourth-order valence-electron chi connectivity index (χ4n) is 2.72. The topological polar surface area (TPSA) is 136 Å². The zero-order valence-corrected chi connectivity index (χ0v) is 18.7. The van der Waals surface area contributed by atoms with Crippen LogP contribution in [0, 0.1) is 5.13 Å². The first-order chi connectivity index (χ1) is 15.2. The van der Waals surface area contributed by atoms with E-state index in [1.54, 1.807) is 0 Å². The van der Waals surface area contributed by atoms with Crippen LogP contribution >= 0.6 is 11.3 Å². The summed E-state index contributed by atoms with van der Waals surface area (Å²) in [6.07, 6.45) is 1.27. The predicted octanol–water partition coefficient (Wildman–Crippen LogP) is 1.34. The molecule has 13 heteroatoms. The molecule has 2 aromatic rings. The number of benzene rings is 1. The smallest absolute Gasteiger partial charge is 0.280 e. The second kappa shape index (κ2) is 10.6. The molecule has 0 radical (unpaired) electrons. The fourth-order valence-corrected chi connectivity index (χ4v) is 4.41. The third kappa shape index (κ3) is 6.55. The molecule has 172 valence electrons. The lowest BCUT2D eigenvalue weighted by Gasteiger charge is -2.10. The highest BCUT2D eigenvalue weighted by Gasteiger charge is 2.22. The quantitative estimate of drug-likeness (QED) is 0.405. The number of amides is 2. The van der Waals surface area contributed by atoms with E-state index in [-0.39, 0.29) is 40.0 Å². The van der Waals surface area contributed by atoms with Gasteiger partial charge in [0.2, 0.25) is 5.91 Å². The van der Waals surface area contributed by atoms with Gasteiger partial charge >= 0.3 is 0 Å². The number of hydrogen-bond acceptors (Lipinski definition) is 9. The molecule has 1 aliphatic heterocycles. The number of sulfone groups is 1. The minimum absolute atomic E-state index is 0.0177. The number of carbonyl (C=O) groups is 2. The van der Waals surface area contributed by atoms with E-state index in [9.17, 15) is 22.4 Å². The summed E-state index contributed by atoms with van der Waals surface area (Å²) in [6, 6.07) is 5.51. The van der Waals surface area contributed by atoms with Gasteiger partial charge in [0.15, 0.2) is 31.9 Å². The van der Waals surface area contributed by atoms with Crippen molar-refractivity contribution in [3.05, 3.63) is 41.2 Å². The molecule has 1 saturated heterocycles. The summed E-state index contributed by atoms with van der Waals surface area (Å²) in [6.45, 7) is 2.14. The normalized spacial score (nSPS) is 16.6. The van der Waals surface area contributed by atoms with E-state index in [0.717, 1.165) is 6.20 Å². The first kappa shape index (κ1) is 23.8. The summed E-state index contributed by atoms with van der Waals surface area (Å²) in [7, 11) is -3.64. The number of oxime groups is 1. The summed E-state index contributed by atoms with van der Waals surface area (Å²) in [4.78, 5) is 32.9. The summed E-state index contributed by atoms with van der Waals surface area (Å²) in [5.41, 5.74) is 0.161. The molecule has 0 aliphatic carbocycles. The summed E-state index contributed by atoms with van der Waals surface area (Å²) >= 11 is 0.653. The molecule has 1 atom stereocenters. The Kier molecular flexibility index (Phi) is 7.88. The minimum atomic E-state index is -3.64. The Morgan fingerprint density at radius 3 is 2.69 bits per heavy atom. The number of carbonyl (C=O) groups excluding carboxylic acids is 2. The van der Waals surface area contributed by atoms with E-state index in [4.69, 9.17) is 9.57 Å². The molecule has 0 spiro atoms. The van der Waals surface area contributed by atoms with Crippen molar-refractivity contribution in [1.29, 1.82) is 0 Å². The number of rotatable bonds is 9. The van der Waals surface area contributed by atoms with E-state index in [1.165, 1.54) is 31.2 Å². The number of halogens is 1. The van der Waals surface area contributed by atoms with Crippen LogP contribution in [0.15, 0.2) is 40.5 Å². The van der Waals surface area contributed by atoms with Crippen molar-refractivity contribution in [2.75, 3.05) is 30.8 Å². The predicted molar refractivity (Wildman–Crippen MR) is 115 cm³/mol. The highest BCUT2D eigenvalue weighted by molar-refractivity contribution is 7.91.